The molecule has 138 valence electrons. The van der Waals surface area contributed by atoms with Crippen molar-refractivity contribution in [2.75, 3.05) is 25.5 Å². The number of carbonyl (C=O) groups is 2. The highest BCUT2D eigenvalue weighted by molar-refractivity contribution is 7.10. The molecule has 1 atom stereocenters. The average Bonchev–Trinajstić information content (AvgIpc) is 3.28. The Labute approximate surface area is 158 Å². The van der Waals surface area contributed by atoms with Crippen molar-refractivity contribution in [1.29, 1.82) is 0 Å². The predicted molar refractivity (Wildman–Crippen MR) is 106 cm³/mol. The SMILES string of the molecule is CC(=O)N(C)C1CCN(C(=O)c2ccc(NCc3sccc3C)cc2)C1. The second-order valence-corrected chi connectivity index (χ2v) is 7.78. The Kier molecular flexibility index (Phi) is 5.61. The van der Waals surface area contributed by atoms with Gasteiger partial charge in [-0.25, -0.2) is 0 Å². The number of aryl methyl sites for hydroxylation is 1. The number of benzene rings is 1. The third-order valence-electron chi connectivity index (χ3n) is 5.05. The van der Waals surface area contributed by atoms with Crippen LogP contribution in [-0.4, -0.2) is 47.8 Å². The van der Waals surface area contributed by atoms with Crippen molar-refractivity contribution in [3.05, 3.63) is 51.7 Å². The number of thiophene rings is 1. The Morgan fingerprint density at radius 1 is 1.27 bits per heavy atom. The van der Waals surface area contributed by atoms with Crippen molar-refractivity contribution >= 4 is 28.8 Å². The third-order valence-corrected chi connectivity index (χ3v) is 6.07. The summed E-state index contributed by atoms with van der Waals surface area (Å²) in [4.78, 5) is 29.1. The molecule has 1 unspecified atom stereocenters. The largest absolute Gasteiger partial charge is 0.380 e. The molecule has 2 aromatic rings. The second kappa shape index (κ2) is 7.91. The molecule has 1 aromatic heterocycles. The summed E-state index contributed by atoms with van der Waals surface area (Å²) < 4.78 is 0. The highest BCUT2D eigenvalue weighted by atomic mass is 32.1. The summed E-state index contributed by atoms with van der Waals surface area (Å²) in [5.74, 6) is 0.0748. The Bertz CT molecular complexity index is 785. The van der Waals surface area contributed by atoms with Gasteiger partial charge in [0.1, 0.15) is 0 Å². The number of carbonyl (C=O) groups excluding carboxylic acids is 2. The molecule has 0 bridgehead atoms. The molecule has 3 rings (SSSR count). The van der Waals surface area contributed by atoms with E-state index in [1.807, 2.05) is 29.2 Å². The number of hydrogen-bond acceptors (Lipinski definition) is 4. The van der Waals surface area contributed by atoms with Crippen LogP contribution >= 0.6 is 11.3 Å². The van der Waals surface area contributed by atoms with Gasteiger partial charge in [0, 0.05) is 49.7 Å². The standard InChI is InChI=1S/C20H25N3O2S/c1-14-9-11-26-19(14)12-21-17-6-4-16(5-7-17)20(25)23-10-8-18(13-23)22(3)15(2)24/h4-7,9,11,18,21H,8,10,12-13H2,1-3H3. The molecule has 5 nitrogen and oxygen atoms in total. The number of likely N-dealkylation sites (N-methyl/N-ethyl adjacent to an activating group) is 1. The zero-order valence-electron chi connectivity index (χ0n) is 15.5. The van der Waals surface area contributed by atoms with Crippen LogP contribution in [0.15, 0.2) is 35.7 Å². The van der Waals surface area contributed by atoms with Crippen molar-refractivity contribution in [3.8, 4) is 0 Å². The van der Waals surface area contributed by atoms with Crippen molar-refractivity contribution in [2.45, 2.75) is 32.9 Å². The van der Waals surface area contributed by atoms with Crippen molar-refractivity contribution < 1.29 is 9.59 Å². The van der Waals surface area contributed by atoms with Gasteiger partial charge in [-0.1, -0.05) is 0 Å². The van der Waals surface area contributed by atoms with Gasteiger partial charge in [-0.05, 0) is 54.6 Å². The Hall–Kier alpha value is -2.34. The van der Waals surface area contributed by atoms with E-state index in [1.165, 1.54) is 10.4 Å². The van der Waals surface area contributed by atoms with E-state index < -0.39 is 0 Å². The maximum Gasteiger partial charge on any atom is 0.253 e. The predicted octanol–water partition coefficient (Wildman–Crippen LogP) is 3.36. The average molecular weight is 372 g/mol. The third kappa shape index (κ3) is 4.07. The van der Waals surface area contributed by atoms with Gasteiger partial charge in [0.05, 0.1) is 6.04 Å². The molecule has 1 fully saturated rings. The first kappa shape index (κ1) is 18.5. The van der Waals surface area contributed by atoms with Gasteiger partial charge >= 0.3 is 0 Å². The summed E-state index contributed by atoms with van der Waals surface area (Å²) in [6.07, 6.45) is 0.835. The van der Waals surface area contributed by atoms with Crippen LogP contribution in [0.4, 0.5) is 5.69 Å². The molecule has 6 heteroatoms. The highest BCUT2D eigenvalue weighted by Crippen LogP contribution is 2.20. The van der Waals surface area contributed by atoms with Crippen LogP contribution in [0.2, 0.25) is 0 Å². The lowest BCUT2D eigenvalue weighted by Gasteiger charge is -2.23. The number of amides is 2. The number of rotatable bonds is 5. The van der Waals surface area contributed by atoms with Crippen LogP contribution in [0.25, 0.3) is 0 Å². The van der Waals surface area contributed by atoms with E-state index in [0.717, 1.165) is 18.7 Å². The van der Waals surface area contributed by atoms with E-state index in [-0.39, 0.29) is 17.9 Å². The van der Waals surface area contributed by atoms with E-state index in [1.54, 1.807) is 30.2 Å². The van der Waals surface area contributed by atoms with Gasteiger partial charge < -0.3 is 15.1 Å². The molecule has 1 aliphatic rings. The zero-order valence-corrected chi connectivity index (χ0v) is 16.3. The van der Waals surface area contributed by atoms with Gasteiger partial charge in [0.15, 0.2) is 0 Å². The minimum Gasteiger partial charge on any atom is -0.380 e. The van der Waals surface area contributed by atoms with Crippen LogP contribution in [0, 0.1) is 6.92 Å². The Morgan fingerprint density at radius 3 is 2.62 bits per heavy atom. The van der Waals surface area contributed by atoms with Gasteiger partial charge in [0.2, 0.25) is 5.91 Å². The number of nitrogens with zero attached hydrogens (tertiary/aromatic N) is 2. The summed E-state index contributed by atoms with van der Waals surface area (Å²) in [5.41, 5.74) is 2.99. The van der Waals surface area contributed by atoms with E-state index in [4.69, 9.17) is 0 Å². The number of hydrogen-bond donors (Lipinski definition) is 1. The summed E-state index contributed by atoms with van der Waals surface area (Å²) in [5, 5.41) is 5.50. The number of likely N-dealkylation sites (tertiary alicyclic amines) is 1. The zero-order chi connectivity index (χ0) is 18.7. The molecule has 26 heavy (non-hydrogen) atoms. The van der Waals surface area contributed by atoms with Crippen LogP contribution in [0.5, 0.6) is 0 Å². The summed E-state index contributed by atoms with van der Waals surface area (Å²) in [6.45, 7) is 5.77. The van der Waals surface area contributed by atoms with Gasteiger partial charge in [-0.3, -0.25) is 9.59 Å². The quantitative estimate of drug-likeness (QED) is 0.877. The van der Waals surface area contributed by atoms with E-state index >= 15 is 0 Å². The second-order valence-electron chi connectivity index (χ2n) is 6.78. The van der Waals surface area contributed by atoms with Crippen LogP contribution in [0.3, 0.4) is 0 Å². The first-order valence-corrected chi connectivity index (χ1v) is 9.73. The Morgan fingerprint density at radius 2 is 2.00 bits per heavy atom. The van der Waals surface area contributed by atoms with Gasteiger partial charge in [-0.2, -0.15) is 0 Å². The fourth-order valence-electron chi connectivity index (χ4n) is 3.18. The molecular formula is C20H25N3O2S. The normalized spacial score (nSPS) is 16.6. The molecule has 0 aliphatic carbocycles. The molecule has 0 spiro atoms. The number of anilines is 1. The van der Waals surface area contributed by atoms with E-state index in [0.29, 0.717) is 18.7 Å². The molecule has 1 aromatic carbocycles. The maximum absolute atomic E-state index is 12.7. The topological polar surface area (TPSA) is 52.7 Å². The number of nitrogens with one attached hydrogen (secondary N) is 1. The monoisotopic (exact) mass is 371 g/mol. The van der Waals surface area contributed by atoms with E-state index in [2.05, 4.69) is 23.7 Å². The lowest BCUT2D eigenvalue weighted by molar-refractivity contribution is -0.129. The minimum atomic E-state index is 0.0325. The van der Waals surface area contributed by atoms with Gasteiger partial charge in [0.25, 0.3) is 5.91 Å². The van der Waals surface area contributed by atoms with Crippen LogP contribution in [0.1, 0.15) is 34.1 Å². The fourth-order valence-corrected chi connectivity index (χ4v) is 4.03. The van der Waals surface area contributed by atoms with Crippen molar-refractivity contribution in [3.63, 3.8) is 0 Å². The fraction of sp³-hybridized carbons (Fsp3) is 0.400. The van der Waals surface area contributed by atoms with E-state index in [9.17, 15) is 9.59 Å². The maximum atomic E-state index is 12.7. The summed E-state index contributed by atoms with van der Waals surface area (Å²) in [6, 6.07) is 9.88. The van der Waals surface area contributed by atoms with Crippen molar-refractivity contribution in [2.24, 2.45) is 0 Å². The molecule has 2 heterocycles. The summed E-state index contributed by atoms with van der Waals surface area (Å²) in [7, 11) is 1.80. The first-order chi connectivity index (χ1) is 12.5. The molecule has 0 saturated carbocycles. The van der Waals surface area contributed by atoms with Crippen molar-refractivity contribution in [1.82, 2.24) is 9.80 Å². The van der Waals surface area contributed by atoms with Crippen LogP contribution < -0.4 is 5.32 Å². The highest BCUT2D eigenvalue weighted by Gasteiger charge is 2.30. The molecule has 1 N–H and O–H groups in total. The lowest BCUT2D eigenvalue weighted by Crippen LogP contribution is -2.38. The summed E-state index contributed by atoms with van der Waals surface area (Å²) >= 11 is 1.75. The van der Waals surface area contributed by atoms with Crippen LogP contribution in [-0.2, 0) is 11.3 Å². The molecule has 1 saturated heterocycles. The smallest absolute Gasteiger partial charge is 0.253 e. The molecule has 0 radical (unpaired) electrons. The molecular weight excluding hydrogens is 346 g/mol. The van der Waals surface area contributed by atoms with Gasteiger partial charge in [-0.15, -0.1) is 11.3 Å². The Balaban J connectivity index is 1.57. The lowest BCUT2D eigenvalue weighted by atomic mass is 10.2. The minimum absolute atomic E-state index is 0.0325. The molecule has 1 aliphatic heterocycles. The first-order valence-electron chi connectivity index (χ1n) is 8.85. The molecule has 2 amide bonds.